The maximum absolute atomic E-state index is 10.8. The molecule has 0 aliphatic rings. The van der Waals surface area contributed by atoms with Gasteiger partial charge in [-0.15, -0.1) is 0 Å². The summed E-state index contributed by atoms with van der Waals surface area (Å²) in [7, 11) is 0. The molecule has 0 bridgehead atoms. The molecular formula is C13H13N3O2. The van der Waals surface area contributed by atoms with Gasteiger partial charge in [-0.1, -0.05) is 30.3 Å². The molecule has 92 valence electrons. The van der Waals surface area contributed by atoms with Crippen LogP contribution in [0.2, 0.25) is 0 Å². The van der Waals surface area contributed by atoms with E-state index in [0.717, 1.165) is 5.56 Å². The molecule has 5 heteroatoms. The number of nitrogens with zero attached hydrogens (tertiary/aromatic N) is 1. The summed E-state index contributed by atoms with van der Waals surface area (Å²) in [6.07, 6.45) is 1.56. The van der Waals surface area contributed by atoms with E-state index < -0.39 is 6.03 Å². The summed E-state index contributed by atoms with van der Waals surface area (Å²) in [5.74, 6) is 0.807. The molecule has 0 unspecified atom stereocenters. The monoisotopic (exact) mass is 243 g/mol. The number of hydrogen-bond donors (Lipinski definition) is 2. The number of urea groups is 1. The third kappa shape index (κ3) is 3.21. The first kappa shape index (κ1) is 11.9. The Labute approximate surface area is 105 Å². The molecule has 0 fully saturated rings. The van der Waals surface area contributed by atoms with Crippen LogP contribution in [-0.2, 0) is 6.61 Å². The van der Waals surface area contributed by atoms with Crippen LogP contribution < -0.4 is 15.8 Å². The Morgan fingerprint density at radius 2 is 2.00 bits per heavy atom. The van der Waals surface area contributed by atoms with Gasteiger partial charge in [0.05, 0.1) is 0 Å². The van der Waals surface area contributed by atoms with Gasteiger partial charge in [-0.2, -0.15) is 0 Å². The van der Waals surface area contributed by atoms with Crippen molar-refractivity contribution in [3.63, 3.8) is 0 Å². The number of nitrogens with two attached hydrogens (primary N) is 1. The van der Waals surface area contributed by atoms with Gasteiger partial charge < -0.3 is 10.5 Å². The minimum atomic E-state index is -0.668. The summed E-state index contributed by atoms with van der Waals surface area (Å²) in [6.45, 7) is 0.403. The van der Waals surface area contributed by atoms with E-state index >= 15 is 0 Å². The lowest BCUT2D eigenvalue weighted by atomic mass is 10.2. The number of pyridine rings is 1. The van der Waals surface area contributed by atoms with E-state index in [1.165, 1.54) is 0 Å². The third-order valence-electron chi connectivity index (χ3n) is 2.25. The van der Waals surface area contributed by atoms with Crippen molar-refractivity contribution in [2.24, 2.45) is 5.73 Å². The van der Waals surface area contributed by atoms with E-state index in [1.807, 2.05) is 30.3 Å². The first-order valence-electron chi connectivity index (χ1n) is 5.44. The Kier molecular flexibility index (Phi) is 3.76. The molecule has 0 radical (unpaired) electrons. The van der Waals surface area contributed by atoms with Gasteiger partial charge in [-0.05, 0) is 17.7 Å². The first-order valence-corrected chi connectivity index (χ1v) is 5.44. The van der Waals surface area contributed by atoms with Gasteiger partial charge in [0.25, 0.3) is 0 Å². The summed E-state index contributed by atoms with van der Waals surface area (Å²) < 4.78 is 5.59. The van der Waals surface area contributed by atoms with Gasteiger partial charge in [-0.25, -0.2) is 9.78 Å². The Morgan fingerprint density at radius 1 is 1.22 bits per heavy atom. The molecular weight excluding hydrogens is 230 g/mol. The number of rotatable bonds is 4. The maximum Gasteiger partial charge on any atom is 0.317 e. The number of ether oxygens (including phenoxy) is 1. The quantitative estimate of drug-likeness (QED) is 0.863. The number of anilines is 1. The topological polar surface area (TPSA) is 77.2 Å². The van der Waals surface area contributed by atoms with E-state index in [2.05, 4.69) is 10.3 Å². The summed E-state index contributed by atoms with van der Waals surface area (Å²) in [5, 5.41) is 2.41. The van der Waals surface area contributed by atoms with E-state index in [-0.39, 0.29) is 0 Å². The summed E-state index contributed by atoms with van der Waals surface area (Å²) in [4.78, 5) is 14.8. The minimum absolute atomic E-state index is 0.320. The summed E-state index contributed by atoms with van der Waals surface area (Å²) in [6, 6.07) is 12.5. The van der Waals surface area contributed by atoms with Crippen LogP contribution >= 0.6 is 0 Å². The van der Waals surface area contributed by atoms with E-state index in [1.54, 1.807) is 18.3 Å². The molecule has 3 N–H and O–H groups in total. The average Bonchev–Trinajstić information content (AvgIpc) is 2.38. The van der Waals surface area contributed by atoms with Gasteiger partial charge in [-0.3, -0.25) is 5.32 Å². The van der Waals surface area contributed by atoms with Crippen LogP contribution in [0.4, 0.5) is 10.6 Å². The van der Waals surface area contributed by atoms with Crippen LogP contribution in [0.5, 0.6) is 5.75 Å². The molecule has 18 heavy (non-hydrogen) atoms. The zero-order valence-electron chi connectivity index (χ0n) is 9.67. The zero-order valence-corrected chi connectivity index (χ0v) is 9.67. The number of nitrogens with one attached hydrogen (secondary N) is 1. The Bertz CT molecular complexity index is 529. The standard InChI is InChI=1S/C13H13N3O2/c14-13(17)16-12-11(7-4-8-15-12)18-9-10-5-2-1-3-6-10/h1-8H,9H2,(H3,14,15,16,17). The van der Waals surface area contributed by atoms with E-state index in [0.29, 0.717) is 18.2 Å². The molecule has 0 saturated carbocycles. The van der Waals surface area contributed by atoms with Crippen molar-refractivity contribution in [3.05, 3.63) is 54.2 Å². The number of carbonyl (C=O) groups excluding carboxylic acids is 1. The fraction of sp³-hybridized carbons (Fsp3) is 0.0769. The zero-order chi connectivity index (χ0) is 12.8. The smallest absolute Gasteiger partial charge is 0.317 e. The molecule has 0 aliphatic heterocycles. The highest BCUT2D eigenvalue weighted by atomic mass is 16.5. The number of hydrogen-bond acceptors (Lipinski definition) is 3. The number of primary amides is 1. The van der Waals surface area contributed by atoms with Crippen molar-refractivity contribution in [3.8, 4) is 5.75 Å². The second-order valence-electron chi connectivity index (χ2n) is 3.61. The lowest BCUT2D eigenvalue weighted by Crippen LogP contribution is -2.20. The van der Waals surface area contributed by atoms with Gasteiger partial charge in [0, 0.05) is 6.20 Å². The summed E-state index contributed by atoms with van der Waals surface area (Å²) >= 11 is 0. The minimum Gasteiger partial charge on any atom is -0.485 e. The van der Waals surface area contributed by atoms with Crippen molar-refractivity contribution in [1.29, 1.82) is 0 Å². The molecule has 0 spiro atoms. The molecule has 0 aliphatic carbocycles. The fourth-order valence-corrected chi connectivity index (χ4v) is 1.45. The van der Waals surface area contributed by atoms with Crippen LogP contribution in [0.3, 0.4) is 0 Å². The van der Waals surface area contributed by atoms with Crippen LogP contribution in [0.15, 0.2) is 48.7 Å². The van der Waals surface area contributed by atoms with Crippen molar-refractivity contribution in [2.75, 3.05) is 5.32 Å². The molecule has 1 heterocycles. The largest absolute Gasteiger partial charge is 0.485 e. The van der Waals surface area contributed by atoms with Gasteiger partial charge in [0.15, 0.2) is 11.6 Å². The first-order chi connectivity index (χ1) is 8.75. The molecule has 1 aromatic carbocycles. The predicted molar refractivity (Wildman–Crippen MR) is 68.2 cm³/mol. The van der Waals surface area contributed by atoms with Crippen molar-refractivity contribution in [2.45, 2.75) is 6.61 Å². The van der Waals surface area contributed by atoms with Gasteiger partial charge in [0.1, 0.15) is 6.61 Å². The highest BCUT2D eigenvalue weighted by Crippen LogP contribution is 2.21. The van der Waals surface area contributed by atoms with Crippen molar-refractivity contribution >= 4 is 11.8 Å². The van der Waals surface area contributed by atoms with Crippen LogP contribution in [-0.4, -0.2) is 11.0 Å². The normalized spacial score (nSPS) is 9.78. The Hall–Kier alpha value is -2.56. The molecule has 1 aromatic heterocycles. The average molecular weight is 243 g/mol. The lowest BCUT2D eigenvalue weighted by Gasteiger charge is -2.10. The summed E-state index contributed by atoms with van der Waals surface area (Å²) in [5.41, 5.74) is 6.09. The lowest BCUT2D eigenvalue weighted by molar-refractivity contribution is 0.259. The molecule has 0 atom stereocenters. The third-order valence-corrected chi connectivity index (χ3v) is 2.25. The fourth-order valence-electron chi connectivity index (χ4n) is 1.45. The van der Waals surface area contributed by atoms with Crippen LogP contribution in [0, 0.1) is 0 Å². The van der Waals surface area contributed by atoms with Crippen molar-refractivity contribution in [1.82, 2.24) is 4.98 Å². The molecule has 2 rings (SSSR count). The van der Waals surface area contributed by atoms with Crippen molar-refractivity contribution < 1.29 is 9.53 Å². The number of carbonyl (C=O) groups is 1. The second kappa shape index (κ2) is 5.67. The Morgan fingerprint density at radius 3 is 2.72 bits per heavy atom. The van der Waals surface area contributed by atoms with E-state index in [9.17, 15) is 4.79 Å². The van der Waals surface area contributed by atoms with E-state index in [4.69, 9.17) is 10.5 Å². The maximum atomic E-state index is 10.8. The highest BCUT2D eigenvalue weighted by molar-refractivity contribution is 5.88. The predicted octanol–water partition coefficient (Wildman–Crippen LogP) is 2.15. The number of benzene rings is 1. The number of aromatic nitrogens is 1. The van der Waals surface area contributed by atoms with Crippen LogP contribution in [0.1, 0.15) is 5.56 Å². The molecule has 2 amide bonds. The Balaban J connectivity index is 2.07. The molecule has 0 saturated heterocycles. The molecule has 2 aromatic rings. The number of amides is 2. The SMILES string of the molecule is NC(=O)Nc1ncccc1OCc1ccccc1. The molecule has 5 nitrogen and oxygen atoms in total. The van der Waals surface area contributed by atoms with Gasteiger partial charge >= 0.3 is 6.03 Å². The van der Waals surface area contributed by atoms with Crippen LogP contribution in [0.25, 0.3) is 0 Å². The van der Waals surface area contributed by atoms with Gasteiger partial charge in [0.2, 0.25) is 0 Å². The second-order valence-corrected chi connectivity index (χ2v) is 3.61. The highest BCUT2D eigenvalue weighted by Gasteiger charge is 2.06.